The summed E-state index contributed by atoms with van der Waals surface area (Å²) >= 11 is 0. The maximum Gasteiger partial charge on any atom is 0.234 e. The Morgan fingerprint density at radius 3 is 3.06 bits per heavy atom. The van der Waals surface area contributed by atoms with Crippen LogP contribution in [0.4, 0.5) is 0 Å². The Labute approximate surface area is 96.8 Å². The molecule has 1 rings (SSSR count). The highest BCUT2D eigenvalue weighted by atomic mass is 16.2. The molecule has 2 N–H and O–H groups in total. The Kier molecular flexibility index (Phi) is 5.23. The van der Waals surface area contributed by atoms with Crippen LogP contribution in [0.5, 0.6) is 0 Å². The lowest BCUT2D eigenvalue weighted by atomic mass is 10.2. The molecule has 1 aliphatic heterocycles. The molecule has 5 nitrogen and oxygen atoms in total. The van der Waals surface area contributed by atoms with Gasteiger partial charge in [0.1, 0.15) is 6.04 Å². The fraction of sp³-hybridized carbons (Fsp3) is 0.818. The van der Waals surface area contributed by atoms with Gasteiger partial charge in [-0.25, -0.2) is 0 Å². The number of piperazine rings is 1. The average molecular weight is 224 g/mol. The van der Waals surface area contributed by atoms with Crippen molar-refractivity contribution in [2.75, 3.05) is 32.7 Å². The fourth-order valence-corrected chi connectivity index (χ4v) is 1.62. The van der Waals surface area contributed by atoms with Crippen LogP contribution in [0.2, 0.25) is 0 Å². The average Bonchev–Trinajstić information content (AvgIpc) is 2.27. The van der Waals surface area contributed by atoms with Gasteiger partial charge in [-0.2, -0.15) is 5.26 Å². The molecule has 5 heteroatoms. The van der Waals surface area contributed by atoms with Crippen LogP contribution < -0.4 is 10.6 Å². The molecule has 1 atom stereocenters. The normalized spacial score (nSPS) is 21.8. The zero-order valence-corrected chi connectivity index (χ0v) is 9.99. The second-order valence-electron chi connectivity index (χ2n) is 4.52. The van der Waals surface area contributed by atoms with Gasteiger partial charge in [0.05, 0.1) is 12.6 Å². The summed E-state index contributed by atoms with van der Waals surface area (Å²) in [5.74, 6) is 0.467. The van der Waals surface area contributed by atoms with Crippen molar-refractivity contribution >= 4 is 5.91 Å². The number of nitrogens with zero attached hydrogens (tertiary/aromatic N) is 2. The number of hydrogen-bond acceptors (Lipinski definition) is 4. The molecule has 0 spiro atoms. The van der Waals surface area contributed by atoms with Crippen molar-refractivity contribution in [2.45, 2.75) is 19.9 Å². The van der Waals surface area contributed by atoms with Crippen LogP contribution in [0.15, 0.2) is 0 Å². The van der Waals surface area contributed by atoms with Crippen molar-refractivity contribution in [3.05, 3.63) is 0 Å². The van der Waals surface area contributed by atoms with E-state index in [0.717, 1.165) is 13.1 Å². The summed E-state index contributed by atoms with van der Waals surface area (Å²) < 4.78 is 0. The van der Waals surface area contributed by atoms with Crippen LogP contribution in [-0.4, -0.2) is 49.6 Å². The van der Waals surface area contributed by atoms with Gasteiger partial charge < -0.3 is 10.6 Å². The maximum atomic E-state index is 11.6. The summed E-state index contributed by atoms with van der Waals surface area (Å²) in [6.07, 6.45) is 0. The second kappa shape index (κ2) is 6.46. The zero-order chi connectivity index (χ0) is 12.0. The van der Waals surface area contributed by atoms with Gasteiger partial charge in [0, 0.05) is 26.2 Å². The zero-order valence-electron chi connectivity index (χ0n) is 9.99. The SMILES string of the molecule is CC(C)CNC(=O)CN1CCNCC1C#N. The molecular weight excluding hydrogens is 204 g/mol. The van der Waals surface area contributed by atoms with Gasteiger partial charge >= 0.3 is 0 Å². The van der Waals surface area contributed by atoms with Crippen molar-refractivity contribution in [3.63, 3.8) is 0 Å². The number of rotatable bonds is 4. The minimum Gasteiger partial charge on any atom is -0.355 e. The Hall–Kier alpha value is -1.12. The molecule has 0 aromatic carbocycles. The number of amides is 1. The van der Waals surface area contributed by atoms with Gasteiger partial charge in [-0.1, -0.05) is 13.8 Å². The summed E-state index contributed by atoms with van der Waals surface area (Å²) in [6.45, 7) is 7.39. The van der Waals surface area contributed by atoms with E-state index in [1.807, 2.05) is 4.90 Å². The summed E-state index contributed by atoms with van der Waals surface area (Å²) in [6, 6.07) is 2.03. The van der Waals surface area contributed by atoms with Gasteiger partial charge in [-0.3, -0.25) is 9.69 Å². The summed E-state index contributed by atoms with van der Waals surface area (Å²) in [5, 5.41) is 14.9. The third-order valence-electron chi connectivity index (χ3n) is 2.56. The van der Waals surface area contributed by atoms with Crippen molar-refractivity contribution in [1.82, 2.24) is 15.5 Å². The molecule has 1 heterocycles. The molecule has 0 saturated carbocycles. The van der Waals surface area contributed by atoms with Crippen molar-refractivity contribution < 1.29 is 4.79 Å². The highest BCUT2D eigenvalue weighted by Crippen LogP contribution is 2.01. The van der Waals surface area contributed by atoms with Crippen molar-refractivity contribution in [3.8, 4) is 6.07 Å². The lowest BCUT2D eigenvalue weighted by Crippen LogP contribution is -2.53. The van der Waals surface area contributed by atoms with E-state index in [2.05, 4.69) is 30.6 Å². The molecule has 1 saturated heterocycles. The molecule has 1 unspecified atom stereocenters. The molecule has 0 aromatic heterocycles. The summed E-state index contributed by atoms with van der Waals surface area (Å²) in [5.41, 5.74) is 0. The first kappa shape index (κ1) is 12.9. The monoisotopic (exact) mass is 224 g/mol. The number of carbonyl (C=O) groups excluding carboxylic acids is 1. The number of nitrogens with one attached hydrogen (secondary N) is 2. The predicted molar refractivity (Wildman–Crippen MR) is 61.7 cm³/mol. The van der Waals surface area contributed by atoms with E-state index in [1.54, 1.807) is 0 Å². The summed E-state index contributed by atoms with van der Waals surface area (Å²) in [7, 11) is 0. The second-order valence-corrected chi connectivity index (χ2v) is 4.52. The molecule has 1 aliphatic rings. The van der Waals surface area contributed by atoms with Crippen LogP contribution >= 0.6 is 0 Å². The first-order valence-electron chi connectivity index (χ1n) is 5.74. The fourth-order valence-electron chi connectivity index (χ4n) is 1.62. The Morgan fingerprint density at radius 2 is 2.44 bits per heavy atom. The Morgan fingerprint density at radius 1 is 1.69 bits per heavy atom. The van der Waals surface area contributed by atoms with Gasteiger partial charge in [0.25, 0.3) is 0 Å². The van der Waals surface area contributed by atoms with Gasteiger partial charge in [0.2, 0.25) is 5.91 Å². The van der Waals surface area contributed by atoms with Crippen molar-refractivity contribution in [2.24, 2.45) is 5.92 Å². The van der Waals surface area contributed by atoms with Crippen molar-refractivity contribution in [1.29, 1.82) is 5.26 Å². The lowest BCUT2D eigenvalue weighted by molar-refractivity contribution is -0.122. The first-order valence-corrected chi connectivity index (χ1v) is 5.74. The van der Waals surface area contributed by atoms with Crippen LogP contribution in [0, 0.1) is 17.2 Å². The number of carbonyl (C=O) groups is 1. The Balaban J connectivity index is 2.34. The van der Waals surface area contributed by atoms with E-state index in [0.29, 0.717) is 25.6 Å². The van der Waals surface area contributed by atoms with E-state index in [1.165, 1.54) is 0 Å². The number of hydrogen-bond donors (Lipinski definition) is 2. The molecule has 0 aromatic rings. The third kappa shape index (κ3) is 4.17. The largest absolute Gasteiger partial charge is 0.355 e. The Bertz CT molecular complexity index is 272. The quantitative estimate of drug-likeness (QED) is 0.679. The van der Waals surface area contributed by atoms with Gasteiger partial charge in [-0.05, 0) is 5.92 Å². The van der Waals surface area contributed by atoms with Gasteiger partial charge in [0.15, 0.2) is 0 Å². The highest BCUT2D eigenvalue weighted by Gasteiger charge is 2.23. The van der Waals surface area contributed by atoms with E-state index < -0.39 is 0 Å². The molecule has 0 aliphatic carbocycles. The molecule has 16 heavy (non-hydrogen) atoms. The molecule has 1 amide bonds. The minimum atomic E-state index is -0.182. The lowest BCUT2D eigenvalue weighted by Gasteiger charge is -2.31. The van der Waals surface area contributed by atoms with Crippen LogP contribution in [0.3, 0.4) is 0 Å². The molecule has 0 radical (unpaired) electrons. The van der Waals surface area contributed by atoms with Crippen LogP contribution in [0.1, 0.15) is 13.8 Å². The van der Waals surface area contributed by atoms with Crippen LogP contribution in [-0.2, 0) is 4.79 Å². The minimum absolute atomic E-state index is 0.0100. The van der Waals surface area contributed by atoms with E-state index in [4.69, 9.17) is 5.26 Å². The molecule has 0 bridgehead atoms. The molecule has 90 valence electrons. The first-order chi connectivity index (χ1) is 7.63. The van der Waals surface area contributed by atoms with Gasteiger partial charge in [-0.15, -0.1) is 0 Å². The highest BCUT2D eigenvalue weighted by molar-refractivity contribution is 5.78. The molecule has 1 fully saturated rings. The topological polar surface area (TPSA) is 68.2 Å². The predicted octanol–water partition coefficient (Wildman–Crippen LogP) is -0.444. The van der Waals surface area contributed by atoms with E-state index in [-0.39, 0.29) is 11.9 Å². The van der Waals surface area contributed by atoms with Crippen LogP contribution in [0.25, 0.3) is 0 Å². The summed E-state index contributed by atoms with van der Waals surface area (Å²) in [4.78, 5) is 13.5. The van der Waals surface area contributed by atoms with E-state index in [9.17, 15) is 4.79 Å². The maximum absolute atomic E-state index is 11.6. The smallest absolute Gasteiger partial charge is 0.234 e. The van der Waals surface area contributed by atoms with E-state index >= 15 is 0 Å². The number of nitriles is 1. The third-order valence-corrected chi connectivity index (χ3v) is 2.56. The molecular formula is C11H20N4O. The standard InChI is InChI=1S/C11H20N4O/c1-9(2)6-14-11(16)8-15-4-3-13-7-10(15)5-12/h9-10,13H,3-4,6-8H2,1-2H3,(H,14,16).